The molecule has 1 aromatic heterocycles. The molecule has 7 heteroatoms. The Morgan fingerprint density at radius 1 is 1.38 bits per heavy atom. The molecule has 21 heavy (non-hydrogen) atoms. The fourth-order valence-corrected chi connectivity index (χ4v) is 2.28. The lowest BCUT2D eigenvalue weighted by Gasteiger charge is -2.34. The molecule has 0 unspecified atom stereocenters. The van der Waals surface area contributed by atoms with Gasteiger partial charge in [-0.3, -0.25) is 4.79 Å². The van der Waals surface area contributed by atoms with Gasteiger partial charge in [0.05, 0.1) is 0 Å². The third-order valence-corrected chi connectivity index (χ3v) is 3.50. The van der Waals surface area contributed by atoms with Crippen LogP contribution in [0.5, 0.6) is 0 Å². The summed E-state index contributed by atoms with van der Waals surface area (Å²) >= 11 is 0. The van der Waals surface area contributed by atoms with Crippen LogP contribution in [0.3, 0.4) is 0 Å². The maximum absolute atomic E-state index is 11.3. The van der Waals surface area contributed by atoms with Crippen molar-refractivity contribution in [2.75, 3.05) is 56.7 Å². The van der Waals surface area contributed by atoms with Crippen molar-refractivity contribution in [1.29, 1.82) is 0 Å². The second kappa shape index (κ2) is 7.78. The van der Waals surface area contributed by atoms with E-state index in [1.54, 1.807) is 20.2 Å². The maximum Gasteiger partial charge on any atom is 0.224 e. The SMILES string of the molecule is COCCCNc1nccc(N2CCN(C(C)=O)CC2)n1. The second-order valence-corrected chi connectivity index (χ2v) is 5.00. The van der Waals surface area contributed by atoms with E-state index in [9.17, 15) is 4.79 Å². The molecule has 116 valence electrons. The second-order valence-electron chi connectivity index (χ2n) is 5.00. The third kappa shape index (κ3) is 4.56. The highest BCUT2D eigenvalue weighted by atomic mass is 16.5. The number of anilines is 2. The lowest BCUT2D eigenvalue weighted by Crippen LogP contribution is -2.48. The van der Waals surface area contributed by atoms with Crippen LogP contribution >= 0.6 is 0 Å². The van der Waals surface area contributed by atoms with Crippen LogP contribution < -0.4 is 10.2 Å². The van der Waals surface area contributed by atoms with Gasteiger partial charge in [0, 0.05) is 59.6 Å². The zero-order chi connectivity index (χ0) is 15.1. The first-order chi connectivity index (χ1) is 10.2. The van der Waals surface area contributed by atoms with Crippen LogP contribution in [0.2, 0.25) is 0 Å². The fourth-order valence-electron chi connectivity index (χ4n) is 2.28. The maximum atomic E-state index is 11.3. The van der Waals surface area contributed by atoms with Gasteiger partial charge in [-0.15, -0.1) is 0 Å². The third-order valence-electron chi connectivity index (χ3n) is 3.50. The molecule has 0 saturated carbocycles. The summed E-state index contributed by atoms with van der Waals surface area (Å²) in [6, 6.07) is 1.91. The van der Waals surface area contributed by atoms with Crippen LogP contribution in [0, 0.1) is 0 Å². The number of hydrogen-bond donors (Lipinski definition) is 1. The minimum atomic E-state index is 0.137. The zero-order valence-electron chi connectivity index (χ0n) is 12.7. The number of rotatable bonds is 6. The number of amides is 1. The lowest BCUT2D eigenvalue weighted by molar-refractivity contribution is -0.129. The number of piperazine rings is 1. The molecule has 0 spiro atoms. The molecule has 1 fully saturated rings. The van der Waals surface area contributed by atoms with Gasteiger partial charge in [-0.1, -0.05) is 0 Å². The number of methoxy groups -OCH3 is 1. The first-order valence-corrected chi connectivity index (χ1v) is 7.27. The van der Waals surface area contributed by atoms with E-state index in [1.807, 2.05) is 11.0 Å². The summed E-state index contributed by atoms with van der Waals surface area (Å²) in [6.07, 6.45) is 2.68. The van der Waals surface area contributed by atoms with Gasteiger partial charge < -0.3 is 19.9 Å². The number of nitrogens with zero attached hydrogens (tertiary/aromatic N) is 4. The van der Waals surface area contributed by atoms with Crippen LogP contribution in [0.15, 0.2) is 12.3 Å². The molecular formula is C14H23N5O2. The fraction of sp³-hybridized carbons (Fsp3) is 0.643. The van der Waals surface area contributed by atoms with Crippen LogP contribution in [-0.4, -0.2) is 67.2 Å². The standard InChI is InChI=1S/C14H23N5O2/c1-12(20)18-7-9-19(10-8-18)13-4-6-16-14(17-13)15-5-3-11-21-2/h4,6H,3,5,7-11H2,1-2H3,(H,15,16,17). The van der Waals surface area contributed by atoms with Crippen molar-refractivity contribution < 1.29 is 9.53 Å². The first kappa shape index (κ1) is 15.5. The summed E-state index contributed by atoms with van der Waals surface area (Å²) in [5.41, 5.74) is 0. The Morgan fingerprint density at radius 3 is 2.81 bits per heavy atom. The van der Waals surface area contributed by atoms with Gasteiger partial charge in [0.15, 0.2) is 0 Å². The predicted octanol–water partition coefficient (Wildman–Crippen LogP) is 0.593. The van der Waals surface area contributed by atoms with Gasteiger partial charge in [-0.2, -0.15) is 4.98 Å². The Labute approximate surface area is 125 Å². The largest absolute Gasteiger partial charge is 0.385 e. The van der Waals surface area contributed by atoms with Gasteiger partial charge in [0.1, 0.15) is 5.82 Å². The van der Waals surface area contributed by atoms with Crippen molar-refractivity contribution in [3.63, 3.8) is 0 Å². The van der Waals surface area contributed by atoms with E-state index in [4.69, 9.17) is 4.74 Å². The van der Waals surface area contributed by atoms with Gasteiger partial charge in [0.25, 0.3) is 0 Å². The highest BCUT2D eigenvalue weighted by Crippen LogP contribution is 2.14. The smallest absolute Gasteiger partial charge is 0.224 e. The molecule has 0 aliphatic carbocycles. The van der Waals surface area contributed by atoms with Crippen molar-refractivity contribution in [2.45, 2.75) is 13.3 Å². The molecule has 0 radical (unpaired) electrons. The van der Waals surface area contributed by atoms with E-state index >= 15 is 0 Å². The predicted molar refractivity (Wildman–Crippen MR) is 81.5 cm³/mol. The molecule has 0 aromatic carbocycles. The Hall–Kier alpha value is -1.89. The van der Waals surface area contributed by atoms with Gasteiger partial charge in [-0.25, -0.2) is 4.98 Å². The highest BCUT2D eigenvalue weighted by Gasteiger charge is 2.19. The molecule has 1 aromatic rings. The van der Waals surface area contributed by atoms with E-state index in [0.717, 1.165) is 51.6 Å². The average Bonchev–Trinajstić information content (AvgIpc) is 2.52. The summed E-state index contributed by atoms with van der Waals surface area (Å²) in [4.78, 5) is 24.1. The molecule has 1 aliphatic heterocycles. The highest BCUT2D eigenvalue weighted by molar-refractivity contribution is 5.73. The van der Waals surface area contributed by atoms with E-state index < -0.39 is 0 Å². The number of carbonyl (C=O) groups excluding carboxylic acids is 1. The van der Waals surface area contributed by atoms with Gasteiger partial charge in [-0.05, 0) is 12.5 Å². The Balaban J connectivity index is 1.87. The van der Waals surface area contributed by atoms with Crippen molar-refractivity contribution >= 4 is 17.7 Å². The molecule has 1 saturated heterocycles. The van der Waals surface area contributed by atoms with Crippen molar-refractivity contribution in [1.82, 2.24) is 14.9 Å². The number of carbonyl (C=O) groups is 1. The lowest BCUT2D eigenvalue weighted by atomic mass is 10.3. The molecule has 2 rings (SSSR count). The van der Waals surface area contributed by atoms with Crippen molar-refractivity contribution in [3.8, 4) is 0 Å². The quantitative estimate of drug-likeness (QED) is 0.774. The first-order valence-electron chi connectivity index (χ1n) is 7.27. The summed E-state index contributed by atoms with van der Waals surface area (Å²) < 4.78 is 5.01. The zero-order valence-corrected chi connectivity index (χ0v) is 12.7. The number of ether oxygens (including phenoxy) is 1. The monoisotopic (exact) mass is 293 g/mol. The number of nitrogens with one attached hydrogen (secondary N) is 1. The molecule has 1 N–H and O–H groups in total. The van der Waals surface area contributed by atoms with E-state index in [0.29, 0.717) is 5.95 Å². The molecule has 2 heterocycles. The summed E-state index contributed by atoms with van der Waals surface area (Å²) in [5.74, 6) is 1.68. The number of aromatic nitrogens is 2. The number of hydrogen-bond acceptors (Lipinski definition) is 6. The minimum Gasteiger partial charge on any atom is -0.385 e. The van der Waals surface area contributed by atoms with Gasteiger partial charge >= 0.3 is 0 Å². The van der Waals surface area contributed by atoms with E-state index in [-0.39, 0.29) is 5.91 Å². The van der Waals surface area contributed by atoms with Crippen molar-refractivity contribution in [3.05, 3.63) is 12.3 Å². The average molecular weight is 293 g/mol. The molecule has 7 nitrogen and oxygen atoms in total. The summed E-state index contributed by atoms with van der Waals surface area (Å²) in [5, 5.41) is 3.19. The van der Waals surface area contributed by atoms with Crippen LogP contribution in [0.4, 0.5) is 11.8 Å². The van der Waals surface area contributed by atoms with Crippen LogP contribution in [0.1, 0.15) is 13.3 Å². The molecule has 1 amide bonds. The normalized spacial score (nSPS) is 15.1. The van der Waals surface area contributed by atoms with Crippen LogP contribution in [0.25, 0.3) is 0 Å². The molecule has 0 bridgehead atoms. The topological polar surface area (TPSA) is 70.6 Å². The van der Waals surface area contributed by atoms with Crippen molar-refractivity contribution in [2.24, 2.45) is 0 Å². The minimum absolute atomic E-state index is 0.137. The Bertz CT molecular complexity index is 460. The summed E-state index contributed by atoms with van der Waals surface area (Å²) in [7, 11) is 1.69. The molecule has 1 aliphatic rings. The van der Waals surface area contributed by atoms with Crippen LogP contribution in [-0.2, 0) is 9.53 Å². The molecular weight excluding hydrogens is 270 g/mol. The summed E-state index contributed by atoms with van der Waals surface area (Å²) in [6.45, 7) is 6.22. The van der Waals surface area contributed by atoms with E-state index in [2.05, 4.69) is 20.2 Å². The Kier molecular flexibility index (Phi) is 5.74. The Morgan fingerprint density at radius 2 is 2.14 bits per heavy atom. The van der Waals surface area contributed by atoms with Gasteiger partial charge in [0.2, 0.25) is 11.9 Å². The van der Waals surface area contributed by atoms with E-state index in [1.165, 1.54) is 0 Å². The molecule has 0 atom stereocenters.